The number of rotatable bonds is 7. The van der Waals surface area contributed by atoms with Crippen molar-refractivity contribution in [1.29, 1.82) is 0 Å². The van der Waals surface area contributed by atoms with Gasteiger partial charge in [-0.2, -0.15) is 0 Å². The van der Waals surface area contributed by atoms with Gasteiger partial charge in [0.2, 0.25) is 0 Å². The Balaban J connectivity index is 2.19. The molecule has 14 atom stereocenters. The van der Waals surface area contributed by atoms with E-state index < -0.39 is 91.6 Å². The number of aliphatic hydroxyl groups excluding tert-OH is 10. The van der Waals surface area contributed by atoms with Crippen LogP contribution in [0.4, 0.5) is 0 Å². The van der Waals surface area contributed by atoms with Crippen molar-refractivity contribution in [2.75, 3.05) is 6.61 Å². The molecule has 0 radical (unpaired) electrons. The fourth-order valence-electron chi connectivity index (χ4n) is 3.74. The molecule has 0 aromatic rings. The van der Waals surface area contributed by atoms with Gasteiger partial charge < -0.3 is 65.6 Å². The predicted octanol–water partition coefficient (Wildman–Crippen LogP) is -7.29. The van der Waals surface area contributed by atoms with Crippen molar-refractivity contribution in [3.63, 3.8) is 0 Å². The van der Waals surface area contributed by atoms with Crippen LogP contribution < -0.4 is 0 Å². The molecule has 2 saturated heterocycles. The van der Waals surface area contributed by atoms with Crippen LogP contribution in [0.5, 0.6) is 0 Å². The van der Waals surface area contributed by atoms with Gasteiger partial charge in [0.05, 0.1) is 12.7 Å². The SMILES string of the molecule is C[C@@H]1OC(C(O)[C@@H](O)[C@@H](O)[C@H](O)[C@@](O)(C=O)C2OC[C@@H](O)[C@H](O)[C@H]2O)[C@H](O)[C@H](O)[C@H]1O. The van der Waals surface area contributed by atoms with Crippen LogP contribution >= 0.6 is 0 Å². The summed E-state index contributed by atoms with van der Waals surface area (Å²) in [7, 11) is 0. The molecule has 0 bridgehead atoms. The van der Waals surface area contributed by atoms with Crippen LogP contribution in [0, 0.1) is 0 Å². The summed E-state index contributed by atoms with van der Waals surface area (Å²) in [4.78, 5) is 11.5. The van der Waals surface area contributed by atoms with Gasteiger partial charge in [0.25, 0.3) is 0 Å². The second kappa shape index (κ2) is 9.96. The van der Waals surface area contributed by atoms with Crippen molar-refractivity contribution >= 4 is 6.29 Å². The number of hydrogen-bond acceptors (Lipinski definition) is 14. The number of hydrogen-bond donors (Lipinski definition) is 11. The molecule has 0 saturated carbocycles. The average Bonchev–Trinajstić information content (AvgIpc) is 2.75. The minimum Gasteiger partial charge on any atom is -0.388 e. The quantitative estimate of drug-likeness (QED) is 0.158. The molecule has 31 heavy (non-hydrogen) atoms. The summed E-state index contributed by atoms with van der Waals surface area (Å²) in [5.74, 6) is 0. The van der Waals surface area contributed by atoms with E-state index >= 15 is 0 Å². The number of aldehydes is 1. The molecule has 0 amide bonds. The fourth-order valence-corrected chi connectivity index (χ4v) is 3.74. The Bertz CT molecular complexity index is 607. The van der Waals surface area contributed by atoms with Crippen LogP contribution in [0.3, 0.4) is 0 Å². The summed E-state index contributed by atoms with van der Waals surface area (Å²) in [5, 5.41) is 111. The monoisotopic (exact) mass is 458 g/mol. The van der Waals surface area contributed by atoms with Gasteiger partial charge in [-0.05, 0) is 6.92 Å². The maximum atomic E-state index is 11.5. The maximum absolute atomic E-state index is 11.5. The highest BCUT2D eigenvalue weighted by Gasteiger charge is 2.57. The second-order valence-electron chi connectivity index (χ2n) is 8.00. The van der Waals surface area contributed by atoms with Crippen LogP contribution in [-0.2, 0) is 14.3 Å². The van der Waals surface area contributed by atoms with Gasteiger partial charge in [-0.3, -0.25) is 4.79 Å². The normalized spacial score (nSPS) is 45.2. The lowest BCUT2D eigenvalue weighted by molar-refractivity contribution is -0.271. The molecule has 14 nitrogen and oxygen atoms in total. The maximum Gasteiger partial charge on any atom is 0.177 e. The Labute approximate surface area is 176 Å². The molecular formula is C17H30O14. The minimum absolute atomic E-state index is 0.313. The molecule has 0 aromatic carbocycles. The summed E-state index contributed by atoms with van der Waals surface area (Å²) in [6.45, 7) is 0.650. The van der Waals surface area contributed by atoms with Crippen molar-refractivity contribution < 1.29 is 70.4 Å². The topological polar surface area (TPSA) is 258 Å². The summed E-state index contributed by atoms with van der Waals surface area (Å²) >= 11 is 0. The Morgan fingerprint density at radius 3 is 2.00 bits per heavy atom. The fraction of sp³-hybridized carbons (Fsp3) is 0.941. The zero-order chi connectivity index (χ0) is 23.8. The van der Waals surface area contributed by atoms with E-state index in [9.17, 15) is 61.0 Å². The van der Waals surface area contributed by atoms with Crippen molar-refractivity contribution in [3.8, 4) is 0 Å². The number of carbonyl (C=O) groups excluding carboxylic acids is 1. The number of aliphatic hydroxyl groups is 11. The van der Waals surface area contributed by atoms with Crippen LogP contribution in [0.15, 0.2) is 0 Å². The Morgan fingerprint density at radius 2 is 1.45 bits per heavy atom. The van der Waals surface area contributed by atoms with Gasteiger partial charge in [-0.1, -0.05) is 0 Å². The largest absolute Gasteiger partial charge is 0.388 e. The molecule has 0 spiro atoms. The van der Waals surface area contributed by atoms with Crippen molar-refractivity contribution in [3.05, 3.63) is 0 Å². The van der Waals surface area contributed by atoms with E-state index in [1.165, 1.54) is 6.92 Å². The molecule has 2 aliphatic heterocycles. The molecule has 0 aromatic heterocycles. The molecule has 0 aliphatic carbocycles. The van der Waals surface area contributed by atoms with E-state index in [1.807, 2.05) is 0 Å². The first kappa shape index (κ1) is 26.4. The summed E-state index contributed by atoms with van der Waals surface area (Å²) < 4.78 is 10.1. The van der Waals surface area contributed by atoms with Gasteiger partial charge in [0, 0.05) is 0 Å². The Kier molecular flexibility index (Phi) is 8.49. The third kappa shape index (κ3) is 4.77. The summed E-state index contributed by atoms with van der Waals surface area (Å²) in [5.41, 5.74) is -3.12. The average molecular weight is 458 g/mol. The molecule has 2 fully saturated rings. The molecule has 2 heterocycles. The molecule has 14 heteroatoms. The first-order valence-corrected chi connectivity index (χ1v) is 9.56. The van der Waals surface area contributed by atoms with E-state index in [2.05, 4.69) is 0 Å². The first-order chi connectivity index (χ1) is 14.3. The van der Waals surface area contributed by atoms with Crippen molar-refractivity contribution in [2.45, 2.75) is 91.9 Å². The standard InChI is InChI=1S/C17H30O14/c1-4-6(20)8(22)10(24)14(31-4)11(25)9(23)12(26)15(28)17(29,3-18)16-13(27)7(21)5(19)2-30-16/h3-16,19-29H,2H2,1H3/t4-,5+,6-,7-,8+,9+,10+,11?,12+,13+,14?,15-,16?,17-/m0/s1. The molecule has 3 unspecified atom stereocenters. The van der Waals surface area contributed by atoms with Gasteiger partial charge in [-0.25, -0.2) is 0 Å². The Morgan fingerprint density at radius 1 is 0.871 bits per heavy atom. The molecule has 2 rings (SSSR count). The summed E-state index contributed by atoms with van der Waals surface area (Å²) in [6, 6.07) is 0. The lowest BCUT2D eigenvalue weighted by atomic mass is 9.79. The van der Waals surface area contributed by atoms with E-state index in [1.54, 1.807) is 0 Å². The zero-order valence-corrected chi connectivity index (χ0v) is 16.4. The van der Waals surface area contributed by atoms with E-state index in [0.717, 1.165) is 0 Å². The number of ether oxygens (including phenoxy) is 2. The predicted molar refractivity (Wildman–Crippen MR) is 95.2 cm³/mol. The van der Waals surface area contributed by atoms with Crippen LogP contribution in [0.1, 0.15) is 6.92 Å². The van der Waals surface area contributed by atoms with Crippen LogP contribution in [0.25, 0.3) is 0 Å². The van der Waals surface area contributed by atoms with Gasteiger partial charge in [-0.15, -0.1) is 0 Å². The smallest absolute Gasteiger partial charge is 0.177 e. The third-order valence-corrected chi connectivity index (χ3v) is 5.87. The van der Waals surface area contributed by atoms with Gasteiger partial charge in [0.1, 0.15) is 73.2 Å². The minimum atomic E-state index is -3.12. The third-order valence-electron chi connectivity index (χ3n) is 5.87. The molecule has 2 aliphatic rings. The van der Waals surface area contributed by atoms with Gasteiger partial charge >= 0.3 is 0 Å². The Hall–Kier alpha value is -0.850. The number of carbonyl (C=O) groups is 1. The first-order valence-electron chi connectivity index (χ1n) is 9.56. The molecule has 182 valence electrons. The molecule has 11 N–H and O–H groups in total. The molecular weight excluding hydrogens is 428 g/mol. The van der Waals surface area contributed by atoms with E-state index in [4.69, 9.17) is 9.47 Å². The lowest BCUT2D eigenvalue weighted by Gasteiger charge is -2.46. The lowest BCUT2D eigenvalue weighted by Crippen LogP contribution is -2.70. The summed E-state index contributed by atoms with van der Waals surface area (Å²) in [6.07, 6.45) is -25.6. The highest BCUT2D eigenvalue weighted by molar-refractivity contribution is 5.65. The highest BCUT2D eigenvalue weighted by Crippen LogP contribution is 2.30. The highest BCUT2D eigenvalue weighted by atomic mass is 16.6. The van der Waals surface area contributed by atoms with Crippen LogP contribution in [0.2, 0.25) is 0 Å². The van der Waals surface area contributed by atoms with E-state index in [-0.39, 0.29) is 6.29 Å². The van der Waals surface area contributed by atoms with Crippen molar-refractivity contribution in [2.24, 2.45) is 0 Å². The van der Waals surface area contributed by atoms with Crippen LogP contribution in [-0.4, -0.2) is 154 Å². The zero-order valence-electron chi connectivity index (χ0n) is 16.4. The van der Waals surface area contributed by atoms with Crippen molar-refractivity contribution in [1.82, 2.24) is 0 Å². The van der Waals surface area contributed by atoms with Gasteiger partial charge in [0.15, 0.2) is 11.9 Å². The second-order valence-corrected chi connectivity index (χ2v) is 8.00. The van der Waals surface area contributed by atoms with E-state index in [0.29, 0.717) is 0 Å².